The van der Waals surface area contributed by atoms with E-state index in [0.717, 1.165) is 33.2 Å². The van der Waals surface area contributed by atoms with Crippen LogP contribution in [0.1, 0.15) is 33.6 Å². The normalized spacial score (nSPS) is 20.1. The molecule has 0 saturated heterocycles. The van der Waals surface area contributed by atoms with Crippen molar-refractivity contribution in [3.63, 3.8) is 0 Å². The molecular weight excluding hydrogens is 544 g/mol. The highest BCUT2D eigenvalue weighted by molar-refractivity contribution is 6.10. The molecule has 2 aliphatic heterocycles. The minimum atomic E-state index is -1.65. The first kappa shape index (κ1) is 27.9. The lowest BCUT2D eigenvalue weighted by Crippen LogP contribution is -2.35. The summed E-state index contributed by atoms with van der Waals surface area (Å²) in [6, 6.07) is 29.9. The Morgan fingerprint density at radius 1 is 0.535 bits per heavy atom. The van der Waals surface area contributed by atoms with Crippen molar-refractivity contribution in [1.82, 2.24) is 9.97 Å². The van der Waals surface area contributed by atoms with Crippen molar-refractivity contribution in [2.45, 2.75) is 25.0 Å². The molecule has 0 fully saturated rings. The maximum Gasteiger partial charge on any atom is 0.265 e. The maximum atomic E-state index is 12.5. The molecule has 2 atom stereocenters. The molecule has 4 aromatic carbocycles. The SMILES string of the molecule is Cc1[nH]c2ccccc2c1C1(O)C(=O)Nc2ccccc21.Cc1[nH]c2ccccc2c1C1(O)C(=O)Nc2ccccc21.O. The molecule has 4 heterocycles. The van der Waals surface area contributed by atoms with E-state index >= 15 is 0 Å². The van der Waals surface area contributed by atoms with Crippen LogP contribution in [0.2, 0.25) is 0 Å². The number of nitrogens with one attached hydrogen (secondary N) is 4. The number of aromatic amines is 2. The zero-order valence-corrected chi connectivity index (χ0v) is 23.4. The molecule has 9 heteroatoms. The predicted octanol–water partition coefficient (Wildman–Crippen LogP) is 4.50. The number of hydrogen-bond donors (Lipinski definition) is 6. The van der Waals surface area contributed by atoms with E-state index in [9.17, 15) is 19.8 Å². The number of aryl methyl sites for hydroxylation is 2. The van der Waals surface area contributed by atoms with Gasteiger partial charge in [-0.15, -0.1) is 0 Å². The number of carbonyl (C=O) groups excluding carboxylic acids is 2. The van der Waals surface area contributed by atoms with Gasteiger partial charge in [0.1, 0.15) is 0 Å². The third-order valence-electron chi connectivity index (χ3n) is 8.30. The standard InChI is InChI=1S/2C17H14N2O2.H2O/c2*1-10-15(11-6-2-4-8-13(11)18-10)17(21)12-7-3-5-9-14(12)19-16(17)20;/h2*2-9,18,21H,1H3,(H,19,20);1H2. The van der Waals surface area contributed by atoms with Gasteiger partial charge in [0.2, 0.25) is 0 Å². The van der Waals surface area contributed by atoms with Crippen molar-refractivity contribution >= 4 is 45.0 Å². The van der Waals surface area contributed by atoms with Crippen LogP contribution in [0.4, 0.5) is 11.4 Å². The van der Waals surface area contributed by atoms with E-state index in [0.29, 0.717) is 33.6 Å². The summed E-state index contributed by atoms with van der Waals surface area (Å²) in [6.07, 6.45) is 0. The summed E-state index contributed by atoms with van der Waals surface area (Å²) in [5.74, 6) is -0.812. The lowest BCUT2D eigenvalue weighted by Gasteiger charge is -2.21. The summed E-state index contributed by atoms with van der Waals surface area (Å²) in [7, 11) is 0. The summed E-state index contributed by atoms with van der Waals surface area (Å²) >= 11 is 0. The van der Waals surface area contributed by atoms with Gasteiger partial charge in [0.15, 0.2) is 11.2 Å². The predicted molar refractivity (Wildman–Crippen MR) is 166 cm³/mol. The molecular formula is C34H30N4O5. The zero-order chi connectivity index (χ0) is 29.2. The zero-order valence-electron chi connectivity index (χ0n) is 23.4. The van der Waals surface area contributed by atoms with Crippen LogP contribution in [0.3, 0.4) is 0 Å². The topological polar surface area (TPSA) is 162 Å². The maximum absolute atomic E-state index is 12.5. The van der Waals surface area contributed by atoms with Crippen molar-refractivity contribution in [2.24, 2.45) is 0 Å². The molecule has 2 aliphatic rings. The van der Waals surface area contributed by atoms with Gasteiger partial charge >= 0.3 is 0 Å². The van der Waals surface area contributed by atoms with E-state index in [1.807, 2.05) is 86.6 Å². The summed E-state index contributed by atoms with van der Waals surface area (Å²) < 4.78 is 0. The van der Waals surface area contributed by atoms with Gasteiger partial charge in [0.05, 0.1) is 0 Å². The smallest absolute Gasteiger partial charge is 0.265 e. The Bertz CT molecular complexity index is 1910. The molecule has 0 spiro atoms. The van der Waals surface area contributed by atoms with Gasteiger partial charge in [-0.25, -0.2) is 0 Å². The molecule has 0 saturated carbocycles. The van der Waals surface area contributed by atoms with Gasteiger partial charge in [-0.1, -0.05) is 72.8 Å². The Morgan fingerprint density at radius 2 is 0.884 bits per heavy atom. The Morgan fingerprint density at radius 3 is 1.30 bits per heavy atom. The van der Waals surface area contributed by atoms with Crippen molar-refractivity contribution in [3.8, 4) is 0 Å². The second-order valence-corrected chi connectivity index (χ2v) is 10.8. The van der Waals surface area contributed by atoms with Crippen LogP contribution in [0.15, 0.2) is 97.1 Å². The average Bonchev–Trinajstić information content (AvgIpc) is 3.67. The molecule has 6 aromatic rings. The molecule has 9 nitrogen and oxygen atoms in total. The van der Waals surface area contributed by atoms with Crippen LogP contribution in [-0.2, 0) is 20.8 Å². The fourth-order valence-corrected chi connectivity index (χ4v) is 6.47. The van der Waals surface area contributed by atoms with Crippen LogP contribution in [-0.4, -0.2) is 37.5 Å². The van der Waals surface area contributed by atoms with Gasteiger partial charge in [0.25, 0.3) is 11.8 Å². The van der Waals surface area contributed by atoms with Crippen molar-refractivity contribution in [1.29, 1.82) is 0 Å². The lowest BCUT2D eigenvalue weighted by atomic mass is 9.85. The highest BCUT2D eigenvalue weighted by Gasteiger charge is 2.50. The summed E-state index contributed by atoms with van der Waals surface area (Å²) in [5, 5.41) is 29.7. The fourth-order valence-electron chi connectivity index (χ4n) is 6.47. The van der Waals surface area contributed by atoms with Crippen LogP contribution in [0.5, 0.6) is 0 Å². The van der Waals surface area contributed by atoms with Crippen molar-refractivity contribution < 1.29 is 25.3 Å². The van der Waals surface area contributed by atoms with E-state index in [4.69, 9.17) is 0 Å². The minimum Gasteiger partial charge on any atom is -0.412 e. The van der Waals surface area contributed by atoms with E-state index < -0.39 is 23.0 Å². The monoisotopic (exact) mass is 574 g/mol. The Hall–Kier alpha value is -5.22. The molecule has 2 unspecified atom stereocenters. The first-order valence-corrected chi connectivity index (χ1v) is 13.7. The number of aromatic nitrogens is 2. The van der Waals surface area contributed by atoms with Gasteiger partial charge in [-0.05, 0) is 38.1 Å². The molecule has 0 radical (unpaired) electrons. The van der Waals surface area contributed by atoms with Crippen molar-refractivity contribution in [2.75, 3.05) is 10.6 Å². The lowest BCUT2D eigenvalue weighted by molar-refractivity contribution is -0.130. The molecule has 216 valence electrons. The number of rotatable bonds is 2. The highest BCUT2D eigenvalue weighted by Crippen LogP contribution is 2.45. The van der Waals surface area contributed by atoms with Gasteiger partial charge in [-0.3, -0.25) is 9.59 Å². The third-order valence-corrected chi connectivity index (χ3v) is 8.30. The molecule has 8 N–H and O–H groups in total. The fraction of sp³-hybridized carbons (Fsp3) is 0.118. The quantitative estimate of drug-likeness (QED) is 0.180. The first-order valence-electron chi connectivity index (χ1n) is 13.7. The van der Waals surface area contributed by atoms with Crippen molar-refractivity contribution in [3.05, 3.63) is 131 Å². The number of aliphatic hydroxyl groups is 2. The first-order chi connectivity index (χ1) is 20.2. The number of carbonyl (C=O) groups is 2. The second-order valence-electron chi connectivity index (χ2n) is 10.8. The van der Waals surface area contributed by atoms with Gasteiger partial charge < -0.3 is 36.3 Å². The van der Waals surface area contributed by atoms with Gasteiger partial charge in [0, 0.05) is 66.8 Å². The number of para-hydroxylation sites is 4. The number of anilines is 2. The minimum absolute atomic E-state index is 0. The summed E-state index contributed by atoms with van der Waals surface area (Å²) in [4.78, 5) is 31.4. The molecule has 2 amide bonds. The average molecular weight is 575 g/mol. The van der Waals surface area contributed by atoms with Gasteiger partial charge in [-0.2, -0.15) is 0 Å². The van der Waals surface area contributed by atoms with E-state index in [1.54, 1.807) is 24.3 Å². The number of fused-ring (bicyclic) bond motifs is 4. The molecule has 2 aromatic heterocycles. The molecule has 0 bridgehead atoms. The van der Waals surface area contributed by atoms with E-state index in [1.165, 1.54) is 0 Å². The second kappa shape index (κ2) is 9.95. The van der Waals surface area contributed by atoms with E-state index in [2.05, 4.69) is 20.6 Å². The van der Waals surface area contributed by atoms with E-state index in [-0.39, 0.29) is 5.48 Å². The third kappa shape index (κ3) is 3.90. The number of hydrogen-bond acceptors (Lipinski definition) is 4. The Balaban J connectivity index is 0.000000150. The van der Waals surface area contributed by atoms with Crippen LogP contribution < -0.4 is 10.6 Å². The summed E-state index contributed by atoms with van der Waals surface area (Å²) in [6.45, 7) is 3.75. The molecule has 0 aliphatic carbocycles. The summed E-state index contributed by atoms with van der Waals surface area (Å²) in [5.41, 5.74) is 3.89. The number of H-pyrrole nitrogens is 2. The molecule has 43 heavy (non-hydrogen) atoms. The Labute approximate surface area is 246 Å². The largest absolute Gasteiger partial charge is 0.412 e. The van der Waals surface area contributed by atoms with Crippen LogP contribution in [0.25, 0.3) is 21.8 Å². The Kier molecular flexibility index (Phi) is 6.46. The number of benzene rings is 4. The number of amides is 2. The highest BCUT2D eigenvalue weighted by atomic mass is 16.3. The molecule has 8 rings (SSSR count). The van der Waals surface area contributed by atoms with Crippen LogP contribution in [0, 0.1) is 13.8 Å². The van der Waals surface area contributed by atoms with Crippen LogP contribution >= 0.6 is 0 Å².